The van der Waals surface area contributed by atoms with Gasteiger partial charge < -0.3 is 10.1 Å². The first kappa shape index (κ1) is 17.9. The van der Waals surface area contributed by atoms with Crippen LogP contribution in [0.3, 0.4) is 0 Å². The second kappa shape index (κ2) is 8.01. The van der Waals surface area contributed by atoms with Crippen molar-refractivity contribution in [3.8, 4) is 11.4 Å². The highest BCUT2D eigenvalue weighted by atomic mass is 32.2. The Morgan fingerprint density at radius 3 is 2.50 bits per heavy atom. The van der Waals surface area contributed by atoms with E-state index in [1.54, 1.807) is 55.0 Å². The molecule has 2 aromatic carbocycles. The Hall–Kier alpha value is -2.87. The Kier molecular flexibility index (Phi) is 5.52. The third kappa shape index (κ3) is 4.20. The van der Waals surface area contributed by atoms with Crippen LogP contribution in [0.4, 0.5) is 10.1 Å². The van der Waals surface area contributed by atoms with Crippen molar-refractivity contribution < 1.29 is 13.9 Å². The highest BCUT2D eigenvalue weighted by molar-refractivity contribution is 7.99. The monoisotopic (exact) mass is 372 g/mol. The van der Waals surface area contributed by atoms with Crippen molar-refractivity contribution in [3.05, 3.63) is 60.2 Å². The van der Waals surface area contributed by atoms with Gasteiger partial charge in [-0.2, -0.15) is 0 Å². The number of hydrogen-bond donors (Lipinski definition) is 1. The van der Waals surface area contributed by atoms with Crippen LogP contribution >= 0.6 is 11.8 Å². The van der Waals surface area contributed by atoms with Crippen LogP contribution in [0.15, 0.2) is 53.7 Å². The van der Waals surface area contributed by atoms with Gasteiger partial charge in [-0.15, -0.1) is 10.2 Å². The second-order valence-corrected chi connectivity index (χ2v) is 6.35. The molecule has 0 atom stereocenters. The predicted octanol–water partition coefficient (Wildman–Crippen LogP) is 3.45. The summed E-state index contributed by atoms with van der Waals surface area (Å²) in [6.45, 7) is 1.80. The third-order valence-electron chi connectivity index (χ3n) is 3.59. The number of benzene rings is 2. The number of ether oxygens (including phenoxy) is 1. The summed E-state index contributed by atoms with van der Waals surface area (Å²) in [4.78, 5) is 12.2. The number of hydrogen-bond acceptors (Lipinski definition) is 5. The zero-order chi connectivity index (χ0) is 18.5. The molecule has 1 aromatic heterocycles. The van der Waals surface area contributed by atoms with E-state index in [1.807, 2.05) is 0 Å². The molecule has 0 aliphatic heterocycles. The first-order valence-corrected chi connectivity index (χ1v) is 8.80. The van der Waals surface area contributed by atoms with Gasteiger partial charge in [0.25, 0.3) is 0 Å². The van der Waals surface area contributed by atoms with Gasteiger partial charge in [-0.1, -0.05) is 11.8 Å². The Bertz CT molecular complexity index is 895. The molecule has 1 heterocycles. The van der Waals surface area contributed by atoms with Gasteiger partial charge in [0.1, 0.15) is 17.4 Å². The van der Waals surface area contributed by atoms with E-state index < -0.39 is 0 Å². The van der Waals surface area contributed by atoms with Crippen molar-refractivity contribution in [3.63, 3.8) is 0 Å². The van der Waals surface area contributed by atoms with Gasteiger partial charge in [-0.05, 0) is 55.5 Å². The van der Waals surface area contributed by atoms with E-state index in [4.69, 9.17) is 4.74 Å². The summed E-state index contributed by atoms with van der Waals surface area (Å²) in [5, 5.41) is 11.5. The maximum absolute atomic E-state index is 13.1. The largest absolute Gasteiger partial charge is 0.497 e. The number of carbonyl (C=O) groups excluding carboxylic acids is 1. The summed E-state index contributed by atoms with van der Waals surface area (Å²) >= 11 is 1.26. The van der Waals surface area contributed by atoms with Crippen LogP contribution in [0.2, 0.25) is 0 Å². The van der Waals surface area contributed by atoms with Crippen molar-refractivity contribution in [1.29, 1.82) is 0 Å². The normalized spacial score (nSPS) is 10.6. The van der Waals surface area contributed by atoms with Gasteiger partial charge in [0, 0.05) is 11.4 Å². The fourth-order valence-corrected chi connectivity index (χ4v) is 3.12. The Morgan fingerprint density at radius 2 is 1.85 bits per heavy atom. The van der Waals surface area contributed by atoms with Crippen LogP contribution < -0.4 is 10.1 Å². The second-order valence-electron chi connectivity index (χ2n) is 5.41. The number of rotatable bonds is 6. The summed E-state index contributed by atoms with van der Waals surface area (Å²) in [5.41, 5.74) is 1.43. The number of halogens is 1. The van der Waals surface area contributed by atoms with E-state index in [1.165, 1.54) is 23.9 Å². The predicted molar refractivity (Wildman–Crippen MR) is 98.4 cm³/mol. The average molecular weight is 372 g/mol. The van der Waals surface area contributed by atoms with Gasteiger partial charge in [0.2, 0.25) is 5.91 Å². The maximum atomic E-state index is 13.1. The summed E-state index contributed by atoms with van der Waals surface area (Å²) < 4.78 is 20.0. The molecule has 0 aliphatic carbocycles. The van der Waals surface area contributed by atoms with Crippen LogP contribution in [0.1, 0.15) is 5.82 Å². The van der Waals surface area contributed by atoms with Crippen molar-refractivity contribution in [2.45, 2.75) is 12.1 Å². The number of methoxy groups -OCH3 is 1. The summed E-state index contributed by atoms with van der Waals surface area (Å²) in [7, 11) is 1.59. The zero-order valence-corrected chi connectivity index (χ0v) is 15.1. The summed E-state index contributed by atoms with van der Waals surface area (Å²) in [6.07, 6.45) is 0. The lowest BCUT2D eigenvalue weighted by atomic mass is 10.3. The lowest BCUT2D eigenvalue weighted by molar-refractivity contribution is -0.113. The molecule has 6 nitrogen and oxygen atoms in total. The van der Waals surface area contributed by atoms with E-state index in [0.29, 0.717) is 16.7 Å². The molecular formula is C18H17FN4O2S. The molecular weight excluding hydrogens is 355 g/mol. The molecule has 0 saturated heterocycles. The molecule has 134 valence electrons. The van der Waals surface area contributed by atoms with E-state index >= 15 is 0 Å². The van der Waals surface area contributed by atoms with Gasteiger partial charge >= 0.3 is 0 Å². The Morgan fingerprint density at radius 1 is 1.15 bits per heavy atom. The average Bonchev–Trinajstić information content (AvgIpc) is 3.02. The van der Waals surface area contributed by atoms with Crippen molar-refractivity contribution in [2.75, 3.05) is 18.2 Å². The number of amides is 1. The van der Waals surface area contributed by atoms with E-state index in [9.17, 15) is 9.18 Å². The minimum Gasteiger partial charge on any atom is -0.497 e. The third-order valence-corrected chi connectivity index (χ3v) is 4.52. The fourth-order valence-electron chi connectivity index (χ4n) is 2.33. The molecule has 0 spiro atoms. The zero-order valence-electron chi connectivity index (χ0n) is 14.3. The maximum Gasteiger partial charge on any atom is 0.234 e. The molecule has 0 fully saturated rings. The molecule has 8 heteroatoms. The number of aryl methyl sites for hydroxylation is 1. The molecule has 26 heavy (non-hydrogen) atoms. The number of nitrogens with one attached hydrogen (secondary N) is 1. The summed E-state index contributed by atoms with van der Waals surface area (Å²) in [6, 6.07) is 13.1. The number of thioether (sulfide) groups is 1. The van der Waals surface area contributed by atoms with Gasteiger partial charge in [-0.3, -0.25) is 9.36 Å². The van der Waals surface area contributed by atoms with Crippen LogP contribution in [0.25, 0.3) is 5.69 Å². The molecule has 1 N–H and O–H groups in total. The SMILES string of the molecule is COc1ccc(NC(=O)CSc2nnc(C)n2-c2ccc(F)cc2)cc1. The molecule has 0 bridgehead atoms. The standard InChI is InChI=1S/C18H17FN4O2S/c1-12-21-22-18(23(12)15-7-3-13(19)4-8-15)26-11-17(24)20-14-5-9-16(25-2)10-6-14/h3-10H,11H2,1-2H3,(H,20,24). The minimum atomic E-state index is -0.312. The molecule has 3 rings (SSSR count). The van der Waals surface area contributed by atoms with Gasteiger partial charge in [0.15, 0.2) is 5.16 Å². The fraction of sp³-hybridized carbons (Fsp3) is 0.167. The van der Waals surface area contributed by atoms with E-state index in [-0.39, 0.29) is 17.5 Å². The lowest BCUT2D eigenvalue weighted by Crippen LogP contribution is -2.14. The van der Waals surface area contributed by atoms with Crippen LogP contribution in [0.5, 0.6) is 5.75 Å². The number of nitrogens with zero attached hydrogens (tertiary/aromatic N) is 3. The number of carbonyl (C=O) groups is 1. The topological polar surface area (TPSA) is 69.0 Å². The van der Waals surface area contributed by atoms with Gasteiger partial charge in [-0.25, -0.2) is 4.39 Å². The van der Waals surface area contributed by atoms with Crippen LogP contribution in [0, 0.1) is 12.7 Å². The van der Waals surface area contributed by atoms with Crippen molar-refractivity contribution >= 4 is 23.4 Å². The Labute approximate surface area is 154 Å². The molecule has 1 amide bonds. The highest BCUT2D eigenvalue weighted by Crippen LogP contribution is 2.22. The van der Waals surface area contributed by atoms with Crippen LogP contribution in [-0.2, 0) is 4.79 Å². The quantitative estimate of drug-likeness (QED) is 0.671. The smallest absolute Gasteiger partial charge is 0.234 e. The molecule has 3 aromatic rings. The lowest BCUT2D eigenvalue weighted by Gasteiger charge is -2.09. The molecule has 0 unspecified atom stereocenters. The molecule has 0 aliphatic rings. The van der Waals surface area contributed by atoms with E-state index in [2.05, 4.69) is 15.5 Å². The number of aromatic nitrogens is 3. The van der Waals surface area contributed by atoms with E-state index in [0.717, 1.165) is 11.4 Å². The van der Waals surface area contributed by atoms with Gasteiger partial charge in [0.05, 0.1) is 12.9 Å². The van der Waals surface area contributed by atoms with Crippen molar-refractivity contribution in [2.24, 2.45) is 0 Å². The summed E-state index contributed by atoms with van der Waals surface area (Å²) in [5.74, 6) is 1.08. The minimum absolute atomic E-state index is 0.161. The molecule has 0 saturated carbocycles. The first-order valence-electron chi connectivity index (χ1n) is 7.81. The Balaban J connectivity index is 1.66. The van der Waals surface area contributed by atoms with Crippen LogP contribution in [-0.4, -0.2) is 33.5 Å². The van der Waals surface area contributed by atoms with Crippen molar-refractivity contribution in [1.82, 2.24) is 14.8 Å². The first-order chi connectivity index (χ1) is 12.6. The number of anilines is 1. The molecule has 0 radical (unpaired) electrons. The highest BCUT2D eigenvalue weighted by Gasteiger charge is 2.13.